The molecule has 2 aliphatic rings. The van der Waals surface area contributed by atoms with Crippen LogP contribution in [0.1, 0.15) is 46.8 Å². The maximum Gasteiger partial charge on any atom is 0.407 e. The van der Waals surface area contributed by atoms with E-state index in [1.54, 1.807) is 17.9 Å². The Morgan fingerprint density at radius 3 is 2.22 bits per heavy atom. The lowest BCUT2D eigenvalue weighted by molar-refractivity contribution is -0.130. The van der Waals surface area contributed by atoms with E-state index in [4.69, 9.17) is 10.5 Å². The highest BCUT2D eigenvalue weighted by Gasteiger charge is 2.50. The molecule has 5 rings (SSSR count). The minimum Gasteiger partial charge on any atom is -0.450 e. The first-order valence-corrected chi connectivity index (χ1v) is 13.6. The second kappa shape index (κ2) is 11.8. The van der Waals surface area contributed by atoms with Gasteiger partial charge in [0.2, 0.25) is 0 Å². The quantitative estimate of drug-likeness (QED) is 0.459. The van der Waals surface area contributed by atoms with E-state index >= 15 is 0 Å². The molecule has 0 spiro atoms. The molecule has 10 heteroatoms. The zero-order valence-electron chi connectivity index (χ0n) is 22.8. The second-order valence-electron chi connectivity index (χ2n) is 10.1. The number of aliphatic imine (C=N–C) groups is 1. The van der Waals surface area contributed by atoms with E-state index in [1.165, 1.54) is 17.0 Å². The molecule has 1 fully saturated rings. The van der Waals surface area contributed by atoms with Crippen molar-refractivity contribution < 1.29 is 23.5 Å². The van der Waals surface area contributed by atoms with E-state index < -0.39 is 17.4 Å². The fourth-order valence-electron chi connectivity index (χ4n) is 5.43. The van der Waals surface area contributed by atoms with Crippen LogP contribution in [0.5, 0.6) is 0 Å². The summed E-state index contributed by atoms with van der Waals surface area (Å²) in [7, 11) is 0. The number of halogens is 1. The van der Waals surface area contributed by atoms with Gasteiger partial charge in [-0.25, -0.2) is 14.2 Å². The van der Waals surface area contributed by atoms with Gasteiger partial charge in [-0.2, -0.15) is 0 Å². The molecule has 0 aromatic heterocycles. The molecule has 2 aliphatic heterocycles. The van der Waals surface area contributed by atoms with Crippen LogP contribution in [0.2, 0.25) is 0 Å². The number of carbonyl (C=O) groups excluding carboxylic acids is 3. The molecule has 3 aromatic carbocycles. The molecule has 3 aromatic rings. The fraction of sp³-hybridized carbons (Fsp3) is 0.290. The predicted octanol–water partition coefficient (Wildman–Crippen LogP) is 3.78. The SMILES string of the molecule is CCOC(=O)NC1CCN(C(=O)c2cc(F)cc(CN3C(=O)C(c4ccccc4)(c4ccccc4)N=C3N)c2)CC1. The lowest BCUT2D eigenvalue weighted by atomic mass is 9.83. The van der Waals surface area contributed by atoms with Gasteiger partial charge >= 0.3 is 6.09 Å². The maximum absolute atomic E-state index is 14.8. The molecule has 0 atom stereocenters. The van der Waals surface area contributed by atoms with Gasteiger partial charge in [0.15, 0.2) is 11.5 Å². The first kappa shape index (κ1) is 27.8. The van der Waals surface area contributed by atoms with E-state index in [0.717, 1.165) is 0 Å². The maximum atomic E-state index is 14.8. The molecule has 0 bridgehead atoms. The number of nitrogens with two attached hydrogens (primary N) is 1. The van der Waals surface area contributed by atoms with Crippen LogP contribution in [-0.4, -0.2) is 59.4 Å². The molecule has 3 N–H and O–H groups in total. The largest absolute Gasteiger partial charge is 0.450 e. The molecule has 0 unspecified atom stereocenters. The van der Waals surface area contributed by atoms with Crippen molar-refractivity contribution in [3.05, 3.63) is 107 Å². The second-order valence-corrected chi connectivity index (χ2v) is 10.1. The van der Waals surface area contributed by atoms with Gasteiger partial charge in [-0.1, -0.05) is 60.7 Å². The Hall–Kier alpha value is -4.73. The van der Waals surface area contributed by atoms with Crippen LogP contribution in [0.25, 0.3) is 0 Å². The van der Waals surface area contributed by atoms with Crippen molar-refractivity contribution >= 4 is 23.9 Å². The average molecular weight is 558 g/mol. The van der Waals surface area contributed by atoms with Gasteiger partial charge in [0.05, 0.1) is 13.2 Å². The highest BCUT2D eigenvalue weighted by molar-refractivity contribution is 6.09. The number of piperidine rings is 1. The Balaban J connectivity index is 1.35. The molecular weight excluding hydrogens is 525 g/mol. The predicted molar refractivity (Wildman–Crippen MR) is 151 cm³/mol. The van der Waals surface area contributed by atoms with Crippen molar-refractivity contribution in [2.45, 2.75) is 37.9 Å². The third-order valence-corrected chi connectivity index (χ3v) is 7.42. The number of hydrogen-bond acceptors (Lipinski definition) is 6. The van der Waals surface area contributed by atoms with Crippen LogP contribution in [0, 0.1) is 5.82 Å². The summed E-state index contributed by atoms with van der Waals surface area (Å²) in [6, 6.07) is 22.3. The molecule has 9 nitrogen and oxygen atoms in total. The summed E-state index contributed by atoms with van der Waals surface area (Å²) in [6.45, 7) is 2.77. The van der Waals surface area contributed by atoms with Gasteiger partial charge in [0, 0.05) is 24.7 Å². The highest BCUT2D eigenvalue weighted by Crippen LogP contribution is 2.40. The van der Waals surface area contributed by atoms with Crippen molar-refractivity contribution in [2.75, 3.05) is 19.7 Å². The molecule has 3 amide bonds. The number of benzene rings is 3. The summed E-state index contributed by atoms with van der Waals surface area (Å²) in [4.78, 5) is 46.7. The van der Waals surface area contributed by atoms with Crippen LogP contribution < -0.4 is 11.1 Å². The zero-order valence-corrected chi connectivity index (χ0v) is 22.8. The van der Waals surface area contributed by atoms with Crippen LogP contribution in [0.4, 0.5) is 9.18 Å². The van der Waals surface area contributed by atoms with Crippen molar-refractivity contribution in [3.63, 3.8) is 0 Å². The van der Waals surface area contributed by atoms with Crippen molar-refractivity contribution in [2.24, 2.45) is 10.7 Å². The van der Waals surface area contributed by atoms with Gasteiger partial charge in [-0.05, 0) is 54.7 Å². The number of rotatable bonds is 7. The van der Waals surface area contributed by atoms with Crippen LogP contribution in [-0.2, 0) is 21.6 Å². The lowest BCUT2D eigenvalue weighted by Crippen LogP contribution is -2.46. The van der Waals surface area contributed by atoms with Crippen molar-refractivity contribution in [3.8, 4) is 0 Å². The number of amides is 3. The number of nitrogens with zero attached hydrogens (tertiary/aromatic N) is 3. The fourth-order valence-corrected chi connectivity index (χ4v) is 5.43. The Bertz CT molecular complexity index is 1420. The van der Waals surface area contributed by atoms with E-state index in [1.807, 2.05) is 60.7 Å². The summed E-state index contributed by atoms with van der Waals surface area (Å²) in [5, 5.41) is 2.80. The molecule has 212 valence electrons. The van der Waals surface area contributed by atoms with Crippen molar-refractivity contribution in [1.82, 2.24) is 15.1 Å². The van der Waals surface area contributed by atoms with Gasteiger partial charge in [0.25, 0.3) is 11.8 Å². The Morgan fingerprint density at radius 2 is 1.63 bits per heavy atom. The monoisotopic (exact) mass is 557 g/mol. The summed E-state index contributed by atoms with van der Waals surface area (Å²) < 4.78 is 19.7. The highest BCUT2D eigenvalue weighted by atomic mass is 19.1. The Labute approximate surface area is 237 Å². The molecule has 1 saturated heterocycles. The summed E-state index contributed by atoms with van der Waals surface area (Å²) in [5.41, 5.74) is 6.88. The van der Waals surface area contributed by atoms with Gasteiger partial charge in [-0.15, -0.1) is 0 Å². The molecule has 0 radical (unpaired) electrons. The molecular formula is C31H32FN5O4. The van der Waals surface area contributed by atoms with E-state index in [2.05, 4.69) is 10.3 Å². The third kappa shape index (κ3) is 5.63. The van der Waals surface area contributed by atoms with E-state index in [9.17, 15) is 18.8 Å². The number of alkyl carbamates (subject to hydrolysis) is 1. The number of guanidine groups is 1. The number of nitrogens with one attached hydrogen (secondary N) is 1. The van der Waals surface area contributed by atoms with Gasteiger partial charge in [0.1, 0.15) is 5.82 Å². The Kier molecular flexibility index (Phi) is 8.00. The van der Waals surface area contributed by atoms with Crippen LogP contribution in [0.3, 0.4) is 0 Å². The van der Waals surface area contributed by atoms with Crippen LogP contribution >= 0.6 is 0 Å². The minimum absolute atomic E-state index is 0.0102. The molecule has 0 aliphatic carbocycles. The van der Waals surface area contributed by atoms with Crippen molar-refractivity contribution in [1.29, 1.82) is 0 Å². The smallest absolute Gasteiger partial charge is 0.407 e. The number of hydrogen-bond donors (Lipinski definition) is 2. The molecule has 0 saturated carbocycles. The normalized spacial score (nSPS) is 16.8. The van der Waals surface area contributed by atoms with E-state index in [-0.39, 0.29) is 42.5 Å². The zero-order chi connectivity index (χ0) is 29.0. The lowest BCUT2D eigenvalue weighted by Gasteiger charge is -2.32. The summed E-state index contributed by atoms with van der Waals surface area (Å²) in [6.07, 6.45) is 0.640. The number of ether oxygens (including phenoxy) is 1. The minimum atomic E-state index is -1.37. The average Bonchev–Trinajstić information content (AvgIpc) is 3.23. The van der Waals surface area contributed by atoms with Crippen LogP contribution in [0.15, 0.2) is 83.9 Å². The standard InChI is InChI=1S/C31H32FN5O4/c1-2-41-30(40)34-26-13-15-36(16-14-26)27(38)22-17-21(18-25(32)19-22)20-37-28(39)31(35-29(37)33,23-9-5-3-6-10-23)24-11-7-4-8-12-24/h3-12,17-19,26H,2,13-16,20H2,1H3,(H2,33,35)(H,34,40). The summed E-state index contributed by atoms with van der Waals surface area (Å²) >= 11 is 0. The topological polar surface area (TPSA) is 117 Å². The first-order valence-electron chi connectivity index (χ1n) is 13.6. The number of carbonyl (C=O) groups is 3. The Morgan fingerprint density at radius 1 is 1.02 bits per heavy atom. The molecule has 41 heavy (non-hydrogen) atoms. The number of likely N-dealkylation sites (tertiary alicyclic amines) is 1. The summed E-state index contributed by atoms with van der Waals surface area (Å²) in [5.74, 6) is -1.27. The van der Waals surface area contributed by atoms with E-state index in [0.29, 0.717) is 42.6 Å². The van der Waals surface area contributed by atoms with Gasteiger partial charge < -0.3 is 20.7 Å². The third-order valence-electron chi connectivity index (χ3n) is 7.42. The molecule has 2 heterocycles. The first-order chi connectivity index (χ1) is 19.8. The van der Waals surface area contributed by atoms with Gasteiger partial charge in [-0.3, -0.25) is 14.5 Å².